The van der Waals surface area contributed by atoms with Crippen LogP contribution in [0.2, 0.25) is 0 Å². The maximum absolute atomic E-state index is 3.90. The summed E-state index contributed by atoms with van der Waals surface area (Å²) >= 11 is 3.21. The van der Waals surface area contributed by atoms with Crippen LogP contribution < -0.4 is 0 Å². The van der Waals surface area contributed by atoms with Crippen LogP contribution in [0.1, 0.15) is 6.92 Å². The second kappa shape index (κ2) is 2.35. The Hall–Kier alpha value is -0.250. The molecule has 1 heterocycles. The van der Waals surface area contributed by atoms with E-state index in [1.165, 1.54) is 0 Å². The molecule has 0 fully saturated rings. The third-order valence-electron chi connectivity index (χ3n) is 0.947. The van der Waals surface area contributed by atoms with E-state index in [4.69, 9.17) is 0 Å². The summed E-state index contributed by atoms with van der Waals surface area (Å²) in [5.41, 5.74) is 0. The van der Waals surface area contributed by atoms with E-state index in [9.17, 15) is 0 Å². The second-order valence-electron chi connectivity index (χ2n) is 1.53. The lowest BCUT2D eigenvalue weighted by Gasteiger charge is -2.09. The molecule has 0 N–H and O–H groups in total. The average Bonchev–Trinajstić information content (AvgIpc) is 2.14. The van der Waals surface area contributed by atoms with Gasteiger partial charge >= 0.3 is 0 Å². The third kappa shape index (κ3) is 1.12. The predicted molar refractivity (Wildman–Crippen MR) is 35.4 cm³/mol. The van der Waals surface area contributed by atoms with Gasteiger partial charge in [0.1, 0.15) is 6.67 Å². The van der Waals surface area contributed by atoms with Gasteiger partial charge in [-0.1, -0.05) is 0 Å². The molecule has 1 radical (unpaired) electrons. The van der Waals surface area contributed by atoms with Gasteiger partial charge in [0.2, 0.25) is 6.34 Å². The predicted octanol–water partition coefficient (Wildman–Crippen LogP) is 0.712. The van der Waals surface area contributed by atoms with Crippen LogP contribution in [0.15, 0.2) is 5.10 Å². The first-order chi connectivity index (χ1) is 3.83. The van der Waals surface area contributed by atoms with Crippen LogP contribution in [0.25, 0.3) is 0 Å². The molecule has 4 heteroatoms. The minimum atomic E-state index is 0.802. The van der Waals surface area contributed by atoms with Crippen LogP contribution in [0.5, 0.6) is 0 Å². The summed E-state index contributed by atoms with van der Waals surface area (Å²) in [5.74, 6) is 0. The Morgan fingerprint density at radius 1 is 1.88 bits per heavy atom. The first-order valence-electron chi connectivity index (χ1n) is 2.47. The van der Waals surface area contributed by atoms with E-state index in [-0.39, 0.29) is 0 Å². The van der Waals surface area contributed by atoms with Crippen LogP contribution >= 0.6 is 16.1 Å². The van der Waals surface area contributed by atoms with Gasteiger partial charge in [0.25, 0.3) is 0 Å². The Bertz CT molecular complexity index is 103. The zero-order valence-corrected chi connectivity index (χ0v) is 6.22. The van der Waals surface area contributed by atoms with Gasteiger partial charge in [0, 0.05) is 6.54 Å². The minimum absolute atomic E-state index is 0.802. The second-order valence-corrected chi connectivity index (χ2v) is 2.38. The van der Waals surface area contributed by atoms with Crippen molar-refractivity contribution in [2.75, 3.05) is 13.2 Å². The van der Waals surface area contributed by atoms with Gasteiger partial charge in [0.15, 0.2) is 0 Å². The van der Waals surface area contributed by atoms with Crippen molar-refractivity contribution >= 4 is 22.5 Å². The first kappa shape index (κ1) is 5.88. The zero-order chi connectivity index (χ0) is 5.98. The summed E-state index contributed by atoms with van der Waals surface area (Å²) in [6, 6.07) is 0. The van der Waals surface area contributed by atoms with Gasteiger partial charge in [0.05, 0.1) is 16.1 Å². The molecule has 1 aliphatic rings. The van der Waals surface area contributed by atoms with Crippen molar-refractivity contribution in [3.8, 4) is 0 Å². The molecule has 45 valence electrons. The molecule has 0 aliphatic carbocycles. The fourth-order valence-corrected chi connectivity index (χ4v) is 0.819. The van der Waals surface area contributed by atoms with Crippen LogP contribution in [-0.4, -0.2) is 28.5 Å². The normalized spacial score (nSPS) is 18.2. The van der Waals surface area contributed by atoms with Crippen molar-refractivity contribution in [3.63, 3.8) is 0 Å². The largest absolute Gasteiger partial charge is 0.275 e. The van der Waals surface area contributed by atoms with E-state index in [1.807, 2.05) is 5.01 Å². The van der Waals surface area contributed by atoms with Gasteiger partial charge in [-0.15, -0.1) is 0 Å². The summed E-state index contributed by atoms with van der Waals surface area (Å²) in [6.07, 6.45) is 2.72. The molecule has 0 saturated carbocycles. The summed E-state index contributed by atoms with van der Waals surface area (Å²) < 4.78 is 1.73. The SMILES string of the molecule is CCN1CN(Br)[C]=N1. The molecule has 0 unspecified atom stereocenters. The van der Waals surface area contributed by atoms with Gasteiger partial charge in [-0.25, -0.2) is 0 Å². The van der Waals surface area contributed by atoms with Crippen molar-refractivity contribution in [2.24, 2.45) is 5.10 Å². The van der Waals surface area contributed by atoms with E-state index in [2.05, 4.69) is 34.5 Å². The molecular weight excluding hydrogens is 170 g/mol. The molecule has 0 atom stereocenters. The van der Waals surface area contributed by atoms with Crippen LogP contribution in [0, 0.1) is 0 Å². The molecule has 0 spiro atoms. The van der Waals surface area contributed by atoms with E-state index >= 15 is 0 Å². The zero-order valence-electron chi connectivity index (χ0n) is 4.63. The van der Waals surface area contributed by atoms with Crippen molar-refractivity contribution < 1.29 is 0 Å². The molecule has 0 bridgehead atoms. The monoisotopic (exact) mass is 176 g/mol. The van der Waals surface area contributed by atoms with Crippen molar-refractivity contribution in [1.82, 2.24) is 8.93 Å². The van der Waals surface area contributed by atoms with Crippen LogP contribution in [0.4, 0.5) is 0 Å². The lowest BCUT2D eigenvalue weighted by atomic mass is 10.7. The highest BCUT2D eigenvalue weighted by Gasteiger charge is 2.08. The lowest BCUT2D eigenvalue weighted by molar-refractivity contribution is 0.299. The topological polar surface area (TPSA) is 18.8 Å². The number of rotatable bonds is 1. The summed E-state index contributed by atoms with van der Waals surface area (Å²) in [6.45, 7) is 3.79. The van der Waals surface area contributed by atoms with Crippen molar-refractivity contribution in [2.45, 2.75) is 6.92 Å². The number of hydrogen-bond donors (Lipinski definition) is 0. The lowest BCUT2D eigenvalue weighted by Crippen LogP contribution is -2.18. The highest BCUT2D eigenvalue weighted by atomic mass is 79.9. The van der Waals surface area contributed by atoms with E-state index in [1.54, 1.807) is 3.93 Å². The number of hydrogen-bond acceptors (Lipinski definition) is 3. The Kier molecular flexibility index (Phi) is 1.73. The third-order valence-corrected chi connectivity index (χ3v) is 1.33. The maximum atomic E-state index is 3.90. The molecule has 1 rings (SSSR count). The Labute approximate surface area is 57.3 Å². The minimum Gasteiger partial charge on any atom is -0.275 e. The molecule has 0 saturated heterocycles. The van der Waals surface area contributed by atoms with Crippen LogP contribution in [0.3, 0.4) is 0 Å². The molecule has 1 aliphatic heterocycles. The van der Waals surface area contributed by atoms with Gasteiger partial charge < -0.3 is 0 Å². The molecule has 0 amide bonds. The Balaban J connectivity index is 2.34. The average molecular weight is 177 g/mol. The first-order valence-corrected chi connectivity index (χ1v) is 3.18. The number of nitrogens with zero attached hydrogens (tertiary/aromatic N) is 3. The number of hydrazone groups is 1. The van der Waals surface area contributed by atoms with E-state index < -0.39 is 0 Å². The van der Waals surface area contributed by atoms with Crippen molar-refractivity contribution in [3.05, 3.63) is 0 Å². The van der Waals surface area contributed by atoms with E-state index in [0.717, 1.165) is 13.2 Å². The Morgan fingerprint density at radius 2 is 2.62 bits per heavy atom. The molecule has 3 nitrogen and oxygen atoms in total. The molecule has 0 aromatic carbocycles. The highest BCUT2D eigenvalue weighted by Crippen LogP contribution is 2.04. The molecule has 0 aromatic heterocycles. The maximum Gasteiger partial charge on any atom is 0.206 e. The smallest absolute Gasteiger partial charge is 0.206 e. The summed E-state index contributed by atoms with van der Waals surface area (Å²) in [4.78, 5) is 0. The Morgan fingerprint density at radius 3 is 2.88 bits per heavy atom. The fraction of sp³-hybridized carbons (Fsp3) is 0.750. The van der Waals surface area contributed by atoms with Crippen molar-refractivity contribution in [1.29, 1.82) is 0 Å². The molecule has 8 heavy (non-hydrogen) atoms. The van der Waals surface area contributed by atoms with Crippen LogP contribution in [-0.2, 0) is 0 Å². The fourth-order valence-electron chi connectivity index (χ4n) is 0.489. The quantitative estimate of drug-likeness (QED) is 0.549. The van der Waals surface area contributed by atoms with Gasteiger partial charge in [-0.2, -0.15) is 5.10 Å². The van der Waals surface area contributed by atoms with E-state index in [0.29, 0.717) is 0 Å². The molecule has 0 aromatic rings. The van der Waals surface area contributed by atoms with Gasteiger partial charge in [-0.3, -0.25) is 8.93 Å². The standard InChI is InChI=1S/C4H7BrN3/c1-2-8-4-7(5)3-6-8/h2,4H2,1H3. The molecular formula is C4H7BrN3. The number of halogens is 1. The highest BCUT2D eigenvalue weighted by molar-refractivity contribution is 9.07. The summed E-state index contributed by atoms with van der Waals surface area (Å²) in [5, 5.41) is 5.80. The van der Waals surface area contributed by atoms with Gasteiger partial charge in [-0.05, 0) is 6.92 Å². The summed E-state index contributed by atoms with van der Waals surface area (Å²) in [7, 11) is 0.